The van der Waals surface area contributed by atoms with Crippen LogP contribution in [-0.2, 0) is 10.2 Å². The molecule has 1 aliphatic rings. The highest BCUT2D eigenvalue weighted by Crippen LogP contribution is 2.46. The number of aliphatic hydroxyl groups is 1. The Morgan fingerprint density at radius 2 is 1.63 bits per heavy atom. The van der Waals surface area contributed by atoms with Gasteiger partial charge in [0.25, 0.3) is 0 Å². The van der Waals surface area contributed by atoms with E-state index in [1.54, 1.807) is 6.92 Å². The molecule has 0 radical (unpaired) electrons. The van der Waals surface area contributed by atoms with E-state index in [1.807, 2.05) is 24.4 Å². The van der Waals surface area contributed by atoms with Gasteiger partial charge in [0.15, 0.2) is 0 Å². The fraction of sp³-hybridized carbons (Fsp3) is 0.333. The maximum atomic E-state index is 12.8. The van der Waals surface area contributed by atoms with E-state index in [0.29, 0.717) is 6.42 Å². The van der Waals surface area contributed by atoms with E-state index < -0.39 is 5.41 Å². The van der Waals surface area contributed by atoms with Crippen LogP contribution in [0.3, 0.4) is 0 Å². The Labute approximate surface area is 180 Å². The third kappa shape index (κ3) is 4.52. The molecule has 1 atom stereocenters. The van der Waals surface area contributed by atoms with Crippen molar-refractivity contribution < 1.29 is 9.90 Å². The molecule has 3 heteroatoms. The molecule has 0 unspecified atom stereocenters. The van der Waals surface area contributed by atoms with E-state index >= 15 is 0 Å². The molecule has 1 N–H and O–H groups in total. The molecule has 3 nitrogen and oxygen atoms in total. The van der Waals surface area contributed by atoms with E-state index in [0.717, 1.165) is 41.5 Å². The Balaban J connectivity index is 0.00000155. The topological polar surface area (TPSA) is 49.7 Å². The number of aliphatic hydroxyl groups excluding tert-OH is 1. The number of carbonyl (C=O) groups excluding carboxylic acids is 1. The van der Waals surface area contributed by atoms with Gasteiger partial charge < -0.3 is 5.11 Å². The van der Waals surface area contributed by atoms with Crippen molar-refractivity contribution in [2.45, 2.75) is 52.9 Å². The summed E-state index contributed by atoms with van der Waals surface area (Å²) in [6.45, 7) is 14.3. The average Bonchev–Trinajstić information content (AvgIpc) is 3.07. The molecule has 0 bridgehead atoms. The summed E-state index contributed by atoms with van der Waals surface area (Å²) >= 11 is 0. The van der Waals surface area contributed by atoms with E-state index in [-0.39, 0.29) is 5.78 Å². The maximum absolute atomic E-state index is 12.8. The van der Waals surface area contributed by atoms with Crippen LogP contribution < -0.4 is 0 Å². The van der Waals surface area contributed by atoms with Crippen LogP contribution in [0.2, 0.25) is 0 Å². The number of carbonyl (C=O) groups is 1. The molecule has 0 fully saturated rings. The van der Waals surface area contributed by atoms with Crippen LogP contribution in [0.25, 0.3) is 5.70 Å². The molecule has 0 saturated heterocycles. The van der Waals surface area contributed by atoms with Crippen molar-refractivity contribution in [3.05, 3.63) is 88.0 Å². The molecule has 2 aromatic rings. The van der Waals surface area contributed by atoms with Gasteiger partial charge in [0.05, 0.1) is 11.1 Å². The monoisotopic (exact) mass is 403 g/mol. The zero-order valence-corrected chi connectivity index (χ0v) is 19.0. The number of nitrogens with zero attached hydrogens (tertiary/aromatic N) is 1. The summed E-state index contributed by atoms with van der Waals surface area (Å²) in [5, 5.41) is 7.00. The van der Waals surface area contributed by atoms with Gasteiger partial charge >= 0.3 is 0 Å². The summed E-state index contributed by atoms with van der Waals surface area (Å²) in [6.07, 6.45) is 3.37. The van der Waals surface area contributed by atoms with Gasteiger partial charge in [0, 0.05) is 18.9 Å². The lowest BCUT2D eigenvalue weighted by molar-refractivity contribution is -0.122. The smallest absolute Gasteiger partial charge is 0.141 e. The van der Waals surface area contributed by atoms with Crippen LogP contribution >= 0.6 is 0 Å². The lowest BCUT2D eigenvalue weighted by atomic mass is 9.72. The Kier molecular flexibility index (Phi) is 7.69. The number of hydrogen-bond donors (Lipinski definition) is 1. The SMILES string of the molecule is C=C(N=CC1=C(C)C[C@](C(C)=O)(c2cccc(C)c2C)C1)c1ccccc1C.CO. The van der Waals surface area contributed by atoms with Gasteiger partial charge in [-0.15, -0.1) is 0 Å². The molecule has 0 spiro atoms. The third-order valence-corrected chi connectivity index (χ3v) is 6.23. The minimum Gasteiger partial charge on any atom is -0.400 e. The van der Waals surface area contributed by atoms with Crippen LogP contribution in [0.5, 0.6) is 0 Å². The van der Waals surface area contributed by atoms with Crippen LogP contribution in [-0.4, -0.2) is 24.2 Å². The predicted molar refractivity (Wildman–Crippen MR) is 127 cm³/mol. The molecule has 0 aliphatic heterocycles. The molecule has 30 heavy (non-hydrogen) atoms. The number of ketones is 1. The van der Waals surface area contributed by atoms with E-state index in [2.05, 4.69) is 63.5 Å². The summed E-state index contributed by atoms with van der Waals surface area (Å²) in [6, 6.07) is 14.4. The highest BCUT2D eigenvalue weighted by molar-refractivity contribution is 5.95. The summed E-state index contributed by atoms with van der Waals surface area (Å²) in [5.74, 6) is 0.224. The molecular formula is C27H33NO2. The highest BCUT2D eigenvalue weighted by atomic mass is 16.2. The second-order valence-electron chi connectivity index (χ2n) is 8.06. The van der Waals surface area contributed by atoms with Crippen molar-refractivity contribution in [3.8, 4) is 0 Å². The molecule has 1 aliphatic carbocycles. The third-order valence-electron chi connectivity index (χ3n) is 6.23. The number of hydrogen-bond acceptors (Lipinski definition) is 3. The summed E-state index contributed by atoms with van der Waals surface area (Å²) in [7, 11) is 1.00. The molecule has 158 valence electrons. The molecular weight excluding hydrogens is 370 g/mol. The molecule has 0 saturated carbocycles. The number of rotatable bonds is 5. The standard InChI is InChI=1S/C26H29NO.CH4O/c1-17-11-9-13-25(20(17)4)26(22(6)28)14-19(3)23(15-26)16-27-21(5)24-12-8-7-10-18(24)2;1-2/h7-13,16H,5,14-15H2,1-4,6H3;2H,1H3/t26-;/m0./s1. The number of benzene rings is 2. The maximum Gasteiger partial charge on any atom is 0.141 e. The number of allylic oxidation sites excluding steroid dienone is 2. The molecule has 2 aromatic carbocycles. The predicted octanol–water partition coefficient (Wildman–Crippen LogP) is 5.90. The van der Waals surface area contributed by atoms with E-state index in [9.17, 15) is 4.79 Å². The van der Waals surface area contributed by atoms with Crippen LogP contribution in [0, 0.1) is 20.8 Å². The first-order valence-electron chi connectivity index (χ1n) is 10.3. The van der Waals surface area contributed by atoms with Gasteiger partial charge in [-0.2, -0.15) is 0 Å². The Hall–Kier alpha value is -2.78. The van der Waals surface area contributed by atoms with Gasteiger partial charge in [0.2, 0.25) is 0 Å². The van der Waals surface area contributed by atoms with Crippen molar-refractivity contribution in [2.75, 3.05) is 7.11 Å². The Morgan fingerprint density at radius 1 is 1.00 bits per heavy atom. The summed E-state index contributed by atoms with van der Waals surface area (Å²) in [4.78, 5) is 17.5. The van der Waals surface area contributed by atoms with Crippen molar-refractivity contribution >= 4 is 17.7 Å². The fourth-order valence-electron chi connectivity index (χ4n) is 4.28. The van der Waals surface area contributed by atoms with Crippen molar-refractivity contribution in [2.24, 2.45) is 4.99 Å². The quantitative estimate of drug-likeness (QED) is 0.632. The average molecular weight is 404 g/mol. The Morgan fingerprint density at radius 3 is 2.27 bits per heavy atom. The highest BCUT2D eigenvalue weighted by Gasteiger charge is 2.43. The molecule has 0 aromatic heterocycles. The minimum atomic E-state index is -0.481. The van der Waals surface area contributed by atoms with Crippen LogP contribution in [0.4, 0.5) is 0 Å². The zero-order valence-electron chi connectivity index (χ0n) is 19.0. The van der Waals surface area contributed by atoms with Gasteiger partial charge in [0.1, 0.15) is 5.78 Å². The lowest BCUT2D eigenvalue weighted by Crippen LogP contribution is -2.33. The summed E-state index contributed by atoms with van der Waals surface area (Å²) in [5.41, 5.74) is 8.47. The first-order valence-corrected chi connectivity index (χ1v) is 10.3. The number of aryl methyl sites for hydroxylation is 2. The second kappa shape index (κ2) is 9.82. The van der Waals surface area contributed by atoms with Crippen LogP contribution in [0.15, 0.2) is 65.2 Å². The fourth-order valence-corrected chi connectivity index (χ4v) is 4.28. The van der Waals surface area contributed by atoms with Gasteiger partial charge in [-0.3, -0.25) is 9.79 Å². The van der Waals surface area contributed by atoms with Gasteiger partial charge in [-0.25, -0.2) is 0 Å². The Bertz CT molecular complexity index is 1010. The minimum absolute atomic E-state index is 0.224. The lowest BCUT2D eigenvalue weighted by Gasteiger charge is -2.30. The van der Waals surface area contributed by atoms with Crippen molar-refractivity contribution in [3.63, 3.8) is 0 Å². The molecule has 0 amide bonds. The van der Waals surface area contributed by atoms with E-state index in [1.165, 1.54) is 16.7 Å². The van der Waals surface area contributed by atoms with E-state index in [4.69, 9.17) is 5.11 Å². The molecule has 3 rings (SSSR count). The van der Waals surface area contributed by atoms with Crippen molar-refractivity contribution in [1.82, 2.24) is 0 Å². The first-order chi connectivity index (χ1) is 14.3. The summed E-state index contributed by atoms with van der Waals surface area (Å²) < 4.78 is 0. The zero-order chi connectivity index (χ0) is 22.5. The van der Waals surface area contributed by atoms with Crippen LogP contribution in [0.1, 0.15) is 54.5 Å². The second-order valence-corrected chi connectivity index (χ2v) is 8.06. The largest absolute Gasteiger partial charge is 0.400 e. The number of aliphatic imine (C=N–C) groups is 1. The molecule has 0 heterocycles. The van der Waals surface area contributed by atoms with Gasteiger partial charge in [-0.05, 0) is 75.3 Å². The van der Waals surface area contributed by atoms with Crippen molar-refractivity contribution in [1.29, 1.82) is 0 Å². The normalized spacial score (nSPS) is 18.4. The first kappa shape index (κ1) is 23.5. The van der Waals surface area contributed by atoms with Gasteiger partial charge in [-0.1, -0.05) is 54.6 Å². The number of Topliss-reactive ketones (excluding diaryl/α,β-unsaturated/α-hetero) is 1.